The van der Waals surface area contributed by atoms with Gasteiger partial charge in [0.1, 0.15) is 0 Å². The van der Waals surface area contributed by atoms with E-state index in [1.54, 1.807) is 0 Å². The molecule has 0 heterocycles. The van der Waals surface area contributed by atoms with E-state index in [-0.39, 0.29) is 5.33 Å². The van der Waals surface area contributed by atoms with Crippen molar-refractivity contribution >= 4 is 27.6 Å². The van der Waals surface area contributed by atoms with Crippen LogP contribution in [0.5, 0.6) is 0 Å². The molecular weight excluding hydrogens is 279 g/mol. The molecule has 0 atom stereocenters. The van der Waals surface area contributed by atoms with Crippen LogP contribution in [-0.4, -0.2) is 40.7 Å². The van der Waals surface area contributed by atoms with Crippen molar-refractivity contribution in [2.24, 2.45) is 0 Å². The summed E-state index contributed by atoms with van der Waals surface area (Å²) in [7, 11) is 0. The molecule has 3 nitrogen and oxygen atoms in total. The van der Waals surface area contributed by atoms with Crippen LogP contribution in [0.1, 0.15) is 13.8 Å². The summed E-state index contributed by atoms with van der Waals surface area (Å²) in [6, 6.07) is -0.665. The Hall–Kier alpha value is -0.590. The first kappa shape index (κ1) is 14.4. The van der Waals surface area contributed by atoms with Gasteiger partial charge in [-0.1, -0.05) is 15.9 Å². The summed E-state index contributed by atoms with van der Waals surface area (Å²) in [6.07, 6.45) is -4.93. The molecule has 0 radical (unpaired) electrons. The lowest BCUT2D eigenvalue weighted by Crippen LogP contribution is -2.47. The van der Waals surface area contributed by atoms with Gasteiger partial charge in [0, 0.05) is 6.04 Å². The summed E-state index contributed by atoms with van der Waals surface area (Å²) >= 11 is 2.82. The quantitative estimate of drug-likeness (QED) is 0.740. The maximum absolute atomic E-state index is 12.1. The maximum Gasteiger partial charge on any atom is 0.471 e. The topological polar surface area (TPSA) is 37.4 Å². The second kappa shape index (κ2) is 5.48. The molecule has 0 aromatic rings. The Morgan fingerprint density at radius 2 is 1.80 bits per heavy atom. The van der Waals surface area contributed by atoms with Crippen LogP contribution < -0.4 is 0 Å². The van der Waals surface area contributed by atoms with Gasteiger partial charge in [-0.05, 0) is 13.8 Å². The number of alkyl halides is 4. The van der Waals surface area contributed by atoms with Crippen molar-refractivity contribution in [1.82, 2.24) is 4.90 Å². The predicted molar refractivity (Wildman–Crippen MR) is 51.7 cm³/mol. The van der Waals surface area contributed by atoms with E-state index in [2.05, 4.69) is 15.9 Å². The monoisotopic (exact) mass is 289 g/mol. The van der Waals surface area contributed by atoms with E-state index in [0.717, 1.165) is 0 Å². The largest absolute Gasteiger partial charge is 0.471 e. The van der Waals surface area contributed by atoms with Gasteiger partial charge in [-0.25, -0.2) is 0 Å². The summed E-state index contributed by atoms with van der Waals surface area (Å²) in [5, 5.41) is -0.0681. The van der Waals surface area contributed by atoms with E-state index >= 15 is 0 Å². The molecule has 0 aliphatic heterocycles. The Balaban J connectivity index is 4.68. The summed E-state index contributed by atoms with van der Waals surface area (Å²) in [4.78, 5) is 22.3. The van der Waals surface area contributed by atoms with E-state index in [9.17, 15) is 22.8 Å². The van der Waals surface area contributed by atoms with Crippen molar-refractivity contribution in [1.29, 1.82) is 0 Å². The third kappa shape index (κ3) is 4.63. The number of carbonyl (C=O) groups is 2. The second-order valence-electron chi connectivity index (χ2n) is 3.20. The first-order valence-electron chi connectivity index (χ1n) is 4.15. The van der Waals surface area contributed by atoms with Gasteiger partial charge in [0.25, 0.3) is 0 Å². The minimum absolute atomic E-state index is 0.0681. The molecular formula is C8H11BrF3NO2. The van der Waals surface area contributed by atoms with Gasteiger partial charge >= 0.3 is 12.1 Å². The molecule has 0 aliphatic carbocycles. The summed E-state index contributed by atoms with van der Waals surface area (Å²) in [5.41, 5.74) is 0. The number of hydrogen-bond acceptors (Lipinski definition) is 2. The number of halogens is 4. The Labute approximate surface area is 93.7 Å². The zero-order valence-corrected chi connectivity index (χ0v) is 9.85. The van der Waals surface area contributed by atoms with E-state index in [1.807, 2.05) is 0 Å². The van der Waals surface area contributed by atoms with Gasteiger partial charge in [-0.15, -0.1) is 0 Å². The number of amides is 1. The number of nitrogens with zero attached hydrogens (tertiary/aromatic N) is 1. The molecule has 88 valence electrons. The van der Waals surface area contributed by atoms with E-state index < -0.39 is 30.5 Å². The van der Waals surface area contributed by atoms with Crippen molar-refractivity contribution in [3.8, 4) is 0 Å². The third-order valence-electron chi connectivity index (χ3n) is 1.62. The second-order valence-corrected chi connectivity index (χ2v) is 3.76. The smallest absolute Gasteiger partial charge is 0.325 e. The molecule has 0 aliphatic rings. The molecule has 0 aromatic heterocycles. The van der Waals surface area contributed by atoms with Crippen LogP contribution in [0, 0.1) is 0 Å². The van der Waals surface area contributed by atoms with Crippen LogP contribution in [0.3, 0.4) is 0 Å². The highest BCUT2D eigenvalue weighted by atomic mass is 79.9. The van der Waals surface area contributed by atoms with Crippen LogP contribution in [0.2, 0.25) is 0 Å². The van der Waals surface area contributed by atoms with E-state index in [4.69, 9.17) is 0 Å². The van der Waals surface area contributed by atoms with Crippen molar-refractivity contribution < 1.29 is 22.8 Å². The van der Waals surface area contributed by atoms with Gasteiger partial charge < -0.3 is 4.90 Å². The van der Waals surface area contributed by atoms with Gasteiger partial charge in [0.2, 0.25) is 0 Å². The van der Waals surface area contributed by atoms with Crippen LogP contribution >= 0.6 is 15.9 Å². The lowest BCUT2D eigenvalue weighted by molar-refractivity contribution is -0.187. The van der Waals surface area contributed by atoms with Crippen molar-refractivity contribution in [2.75, 3.05) is 11.9 Å². The molecule has 1 amide bonds. The molecule has 0 saturated carbocycles. The van der Waals surface area contributed by atoms with Crippen LogP contribution in [0.15, 0.2) is 0 Å². The number of rotatable bonds is 4. The van der Waals surface area contributed by atoms with Crippen molar-refractivity contribution in [3.05, 3.63) is 0 Å². The fourth-order valence-electron chi connectivity index (χ4n) is 0.884. The SMILES string of the molecule is CC(C)N(CC(=O)CBr)C(=O)C(F)(F)F. The molecule has 0 N–H and O–H groups in total. The fraction of sp³-hybridized carbons (Fsp3) is 0.750. The lowest BCUT2D eigenvalue weighted by atomic mass is 10.2. The van der Waals surface area contributed by atoms with Gasteiger partial charge in [-0.2, -0.15) is 13.2 Å². The Bertz CT molecular complexity index is 253. The normalized spacial score (nSPS) is 11.7. The zero-order chi connectivity index (χ0) is 12.2. The maximum atomic E-state index is 12.1. The van der Waals surface area contributed by atoms with Crippen LogP contribution in [0.25, 0.3) is 0 Å². The minimum Gasteiger partial charge on any atom is -0.325 e. The summed E-state index contributed by atoms with van der Waals surface area (Å²) in [6.45, 7) is 2.32. The van der Waals surface area contributed by atoms with E-state index in [1.165, 1.54) is 13.8 Å². The summed E-state index contributed by atoms with van der Waals surface area (Å²) in [5.74, 6) is -2.45. The molecule has 15 heavy (non-hydrogen) atoms. The Morgan fingerprint density at radius 3 is 2.07 bits per heavy atom. The number of Topliss-reactive ketones (excluding diaryl/α,β-unsaturated/α-hetero) is 1. The molecule has 7 heteroatoms. The Kier molecular flexibility index (Phi) is 5.27. The highest BCUT2D eigenvalue weighted by molar-refractivity contribution is 9.09. The highest BCUT2D eigenvalue weighted by Crippen LogP contribution is 2.19. The minimum atomic E-state index is -4.93. The first-order chi connectivity index (χ1) is 6.70. The third-order valence-corrected chi connectivity index (χ3v) is 2.25. The highest BCUT2D eigenvalue weighted by Gasteiger charge is 2.43. The van der Waals surface area contributed by atoms with Gasteiger partial charge in [0.15, 0.2) is 5.78 Å². The molecule has 0 unspecified atom stereocenters. The van der Waals surface area contributed by atoms with Gasteiger partial charge in [-0.3, -0.25) is 9.59 Å². The number of hydrogen-bond donors (Lipinski definition) is 0. The molecule has 0 aromatic carbocycles. The average Bonchev–Trinajstić information content (AvgIpc) is 2.10. The fourth-order valence-corrected chi connectivity index (χ4v) is 1.06. The molecule has 0 bridgehead atoms. The molecule has 0 spiro atoms. The predicted octanol–water partition coefficient (Wildman–Crippen LogP) is 1.75. The average molecular weight is 290 g/mol. The number of carbonyl (C=O) groups excluding carboxylic acids is 2. The first-order valence-corrected chi connectivity index (χ1v) is 5.27. The van der Waals surface area contributed by atoms with Crippen LogP contribution in [0.4, 0.5) is 13.2 Å². The molecule has 0 fully saturated rings. The van der Waals surface area contributed by atoms with Crippen molar-refractivity contribution in [2.45, 2.75) is 26.1 Å². The zero-order valence-electron chi connectivity index (χ0n) is 8.27. The Morgan fingerprint density at radius 1 is 1.33 bits per heavy atom. The van der Waals surface area contributed by atoms with E-state index in [0.29, 0.717) is 4.90 Å². The molecule has 0 saturated heterocycles. The molecule has 0 rings (SSSR count). The number of ketones is 1. The summed E-state index contributed by atoms with van der Waals surface area (Å²) < 4.78 is 36.3. The van der Waals surface area contributed by atoms with Crippen molar-refractivity contribution in [3.63, 3.8) is 0 Å². The standard InChI is InChI=1S/C8H11BrF3NO2/c1-5(2)13(4-6(14)3-9)7(15)8(10,11)12/h5H,3-4H2,1-2H3. The van der Waals surface area contributed by atoms with Crippen LogP contribution in [-0.2, 0) is 9.59 Å². The lowest BCUT2D eigenvalue weighted by Gasteiger charge is -2.26. The van der Waals surface area contributed by atoms with Gasteiger partial charge in [0.05, 0.1) is 11.9 Å².